The second kappa shape index (κ2) is 8.60. The van der Waals surface area contributed by atoms with Crippen molar-refractivity contribution < 1.29 is 14.7 Å². The number of benzene rings is 1. The van der Waals surface area contributed by atoms with E-state index in [0.29, 0.717) is 11.6 Å². The van der Waals surface area contributed by atoms with E-state index in [4.69, 9.17) is 10.8 Å². The van der Waals surface area contributed by atoms with Crippen LogP contribution in [0, 0.1) is 6.92 Å². The standard InChI is InChI=1S/C20H25N5O3/c1-12-5-4-6-13(11-12)22-19-14(18(21)26)9-10-17(25-19)23-15-7-2-3-8-16(15)24-20(27)28/h4-6,9-11,15-16,24H,2-3,7-8H2,1H3,(H2,21,26)(H,27,28)(H2,22,23,25)/t15-,16+/m1/s1. The van der Waals surface area contributed by atoms with Crippen molar-refractivity contribution in [2.24, 2.45) is 5.73 Å². The van der Waals surface area contributed by atoms with Crippen molar-refractivity contribution in [2.45, 2.75) is 44.7 Å². The van der Waals surface area contributed by atoms with E-state index in [0.717, 1.165) is 36.9 Å². The van der Waals surface area contributed by atoms with Gasteiger partial charge in [-0.2, -0.15) is 0 Å². The van der Waals surface area contributed by atoms with Crippen molar-refractivity contribution in [2.75, 3.05) is 10.6 Å². The molecule has 1 aromatic heterocycles. The van der Waals surface area contributed by atoms with Crippen molar-refractivity contribution >= 4 is 29.3 Å². The lowest BCUT2D eigenvalue weighted by Crippen LogP contribution is -2.48. The molecule has 2 amide bonds. The molecular formula is C20H25N5O3. The Hall–Kier alpha value is -3.29. The molecular weight excluding hydrogens is 358 g/mol. The average molecular weight is 383 g/mol. The SMILES string of the molecule is Cc1cccc(Nc2nc(N[C@@H]3CCCC[C@@H]3NC(=O)O)ccc2C(N)=O)c1. The number of amides is 2. The second-order valence-corrected chi connectivity index (χ2v) is 7.04. The molecule has 1 heterocycles. The van der Waals surface area contributed by atoms with E-state index in [-0.39, 0.29) is 17.6 Å². The van der Waals surface area contributed by atoms with Crippen molar-refractivity contribution in [1.29, 1.82) is 0 Å². The quantitative estimate of drug-likeness (QED) is 0.521. The van der Waals surface area contributed by atoms with Crippen LogP contribution in [0.2, 0.25) is 0 Å². The van der Waals surface area contributed by atoms with Crippen molar-refractivity contribution in [3.63, 3.8) is 0 Å². The first-order valence-electron chi connectivity index (χ1n) is 9.33. The van der Waals surface area contributed by atoms with Gasteiger partial charge in [0.1, 0.15) is 11.6 Å². The maximum Gasteiger partial charge on any atom is 0.404 e. The van der Waals surface area contributed by atoms with Crippen LogP contribution in [0.15, 0.2) is 36.4 Å². The van der Waals surface area contributed by atoms with Gasteiger partial charge in [-0.1, -0.05) is 25.0 Å². The summed E-state index contributed by atoms with van der Waals surface area (Å²) >= 11 is 0. The lowest BCUT2D eigenvalue weighted by atomic mass is 9.90. The summed E-state index contributed by atoms with van der Waals surface area (Å²) in [5.41, 5.74) is 7.66. The molecule has 6 N–H and O–H groups in total. The van der Waals surface area contributed by atoms with Gasteiger partial charge in [-0.3, -0.25) is 4.79 Å². The van der Waals surface area contributed by atoms with Crippen LogP contribution in [0.25, 0.3) is 0 Å². The minimum atomic E-state index is -1.03. The predicted molar refractivity (Wildman–Crippen MR) is 108 cm³/mol. The number of anilines is 3. The highest BCUT2D eigenvalue weighted by molar-refractivity contribution is 5.98. The first kappa shape index (κ1) is 19.5. The molecule has 0 aliphatic heterocycles. The number of carboxylic acid groups (broad SMARTS) is 1. The maximum atomic E-state index is 11.8. The van der Waals surface area contributed by atoms with Crippen LogP contribution >= 0.6 is 0 Å². The van der Waals surface area contributed by atoms with Gasteiger partial charge in [0, 0.05) is 11.7 Å². The van der Waals surface area contributed by atoms with Gasteiger partial charge in [0.15, 0.2) is 0 Å². The van der Waals surface area contributed by atoms with E-state index in [2.05, 4.69) is 20.9 Å². The number of aryl methyl sites for hydroxylation is 1. The summed E-state index contributed by atoms with van der Waals surface area (Å²) in [4.78, 5) is 27.4. The number of hydrogen-bond donors (Lipinski definition) is 5. The molecule has 8 nitrogen and oxygen atoms in total. The first-order chi connectivity index (χ1) is 13.4. The van der Waals surface area contributed by atoms with Gasteiger partial charge in [-0.05, 0) is 49.6 Å². The highest BCUT2D eigenvalue weighted by Gasteiger charge is 2.27. The number of hydrogen-bond acceptors (Lipinski definition) is 5. The van der Waals surface area contributed by atoms with Crippen LogP contribution in [0.3, 0.4) is 0 Å². The zero-order valence-corrected chi connectivity index (χ0v) is 15.7. The Balaban J connectivity index is 1.83. The van der Waals surface area contributed by atoms with Crippen molar-refractivity contribution in [1.82, 2.24) is 10.3 Å². The Morgan fingerprint density at radius 1 is 1.14 bits per heavy atom. The Morgan fingerprint density at radius 2 is 1.89 bits per heavy atom. The van der Waals surface area contributed by atoms with E-state index in [1.165, 1.54) is 0 Å². The number of nitrogens with one attached hydrogen (secondary N) is 3. The van der Waals surface area contributed by atoms with Gasteiger partial charge < -0.3 is 26.8 Å². The molecule has 28 heavy (non-hydrogen) atoms. The highest BCUT2D eigenvalue weighted by Crippen LogP contribution is 2.25. The number of carbonyl (C=O) groups is 2. The first-order valence-corrected chi connectivity index (χ1v) is 9.33. The van der Waals surface area contributed by atoms with Gasteiger partial charge in [0.25, 0.3) is 5.91 Å². The minimum absolute atomic E-state index is 0.0661. The molecule has 1 saturated carbocycles. The molecule has 0 unspecified atom stereocenters. The molecule has 0 radical (unpaired) electrons. The summed E-state index contributed by atoms with van der Waals surface area (Å²) in [5, 5.41) is 18.1. The van der Waals surface area contributed by atoms with Gasteiger partial charge in [0.05, 0.1) is 11.6 Å². The van der Waals surface area contributed by atoms with E-state index >= 15 is 0 Å². The lowest BCUT2D eigenvalue weighted by Gasteiger charge is -2.32. The highest BCUT2D eigenvalue weighted by atomic mass is 16.4. The number of pyridine rings is 1. The molecule has 3 rings (SSSR count). The van der Waals surface area contributed by atoms with Crippen LogP contribution in [0.5, 0.6) is 0 Å². The summed E-state index contributed by atoms with van der Waals surface area (Å²) in [6, 6.07) is 10.8. The van der Waals surface area contributed by atoms with Gasteiger partial charge in [0.2, 0.25) is 0 Å². The van der Waals surface area contributed by atoms with E-state index in [1.807, 2.05) is 31.2 Å². The van der Waals surface area contributed by atoms with E-state index in [1.54, 1.807) is 12.1 Å². The molecule has 1 aliphatic rings. The van der Waals surface area contributed by atoms with Gasteiger partial charge >= 0.3 is 6.09 Å². The lowest BCUT2D eigenvalue weighted by molar-refractivity contribution is 0.100. The van der Waals surface area contributed by atoms with Crippen molar-refractivity contribution in [3.05, 3.63) is 47.5 Å². The van der Waals surface area contributed by atoms with Crippen LogP contribution in [-0.2, 0) is 0 Å². The number of rotatable bonds is 6. The molecule has 1 aromatic carbocycles. The molecule has 0 saturated heterocycles. The topological polar surface area (TPSA) is 129 Å². The summed E-state index contributed by atoms with van der Waals surface area (Å²) in [6.07, 6.45) is 2.58. The minimum Gasteiger partial charge on any atom is -0.465 e. The summed E-state index contributed by atoms with van der Waals surface area (Å²) in [5.74, 6) is 0.350. The third kappa shape index (κ3) is 4.91. The van der Waals surface area contributed by atoms with E-state index < -0.39 is 12.0 Å². The number of primary amides is 1. The fourth-order valence-electron chi connectivity index (χ4n) is 3.52. The molecule has 2 aromatic rings. The van der Waals surface area contributed by atoms with Crippen LogP contribution < -0.4 is 21.7 Å². The molecule has 8 heteroatoms. The third-order valence-electron chi connectivity index (χ3n) is 4.85. The fraction of sp³-hybridized carbons (Fsp3) is 0.350. The molecule has 148 valence electrons. The largest absolute Gasteiger partial charge is 0.465 e. The molecule has 0 spiro atoms. The number of aromatic nitrogens is 1. The smallest absolute Gasteiger partial charge is 0.404 e. The molecule has 1 aliphatic carbocycles. The number of carbonyl (C=O) groups excluding carboxylic acids is 1. The molecule has 2 atom stereocenters. The summed E-state index contributed by atoms with van der Waals surface area (Å²) in [6.45, 7) is 1.98. The Kier molecular flexibility index (Phi) is 5.98. The molecule has 0 bridgehead atoms. The second-order valence-electron chi connectivity index (χ2n) is 7.04. The Bertz CT molecular complexity index is 871. The zero-order valence-electron chi connectivity index (χ0n) is 15.7. The zero-order chi connectivity index (χ0) is 20.1. The van der Waals surface area contributed by atoms with Crippen LogP contribution in [0.1, 0.15) is 41.6 Å². The normalized spacial score (nSPS) is 18.9. The van der Waals surface area contributed by atoms with E-state index in [9.17, 15) is 9.59 Å². The van der Waals surface area contributed by atoms with Gasteiger partial charge in [-0.15, -0.1) is 0 Å². The Morgan fingerprint density at radius 3 is 2.57 bits per heavy atom. The number of nitrogens with two attached hydrogens (primary N) is 1. The fourth-order valence-corrected chi connectivity index (χ4v) is 3.52. The van der Waals surface area contributed by atoms with Crippen molar-refractivity contribution in [3.8, 4) is 0 Å². The molecule has 1 fully saturated rings. The third-order valence-corrected chi connectivity index (χ3v) is 4.85. The maximum absolute atomic E-state index is 11.8. The van der Waals surface area contributed by atoms with Crippen LogP contribution in [-0.4, -0.2) is 34.2 Å². The summed E-state index contributed by atoms with van der Waals surface area (Å²) < 4.78 is 0. The van der Waals surface area contributed by atoms with Crippen LogP contribution in [0.4, 0.5) is 22.1 Å². The van der Waals surface area contributed by atoms with Gasteiger partial charge in [-0.25, -0.2) is 9.78 Å². The number of nitrogens with zero attached hydrogens (tertiary/aromatic N) is 1. The average Bonchev–Trinajstić information content (AvgIpc) is 2.63. The Labute approximate surface area is 163 Å². The monoisotopic (exact) mass is 383 g/mol. The summed E-state index contributed by atoms with van der Waals surface area (Å²) in [7, 11) is 0. The predicted octanol–water partition coefficient (Wildman–Crippen LogP) is 3.22.